The molecule has 0 unspecified atom stereocenters. The van der Waals surface area contributed by atoms with Gasteiger partial charge in [0.05, 0.1) is 6.61 Å². The zero-order chi connectivity index (χ0) is 7.11. The van der Waals surface area contributed by atoms with E-state index in [-0.39, 0.29) is 0 Å². The van der Waals surface area contributed by atoms with E-state index in [2.05, 4.69) is 10.1 Å². The van der Waals surface area contributed by atoms with Gasteiger partial charge in [0, 0.05) is 20.1 Å². The SMILES string of the molecule is COC[CH]CNC(=O)O. The van der Waals surface area contributed by atoms with Crippen LogP contribution in [0.25, 0.3) is 0 Å². The Morgan fingerprint density at radius 3 is 3.00 bits per heavy atom. The second kappa shape index (κ2) is 5.37. The third-order valence-corrected chi connectivity index (χ3v) is 0.682. The lowest BCUT2D eigenvalue weighted by Gasteiger charge is -1.97. The van der Waals surface area contributed by atoms with Crippen LogP contribution in [0.2, 0.25) is 0 Å². The van der Waals surface area contributed by atoms with E-state index in [1.807, 2.05) is 0 Å². The number of rotatable bonds is 4. The quantitative estimate of drug-likeness (QED) is 0.533. The normalized spacial score (nSPS) is 9.00. The maximum atomic E-state index is 9.79. The fourth-order valence-corrected chi connectivity index (χ4v) is 0.336. The van der Waals surface area contributed by atoms with Gasteiger partial charge in [-0.25, -0.2) is 4.79 Å². The number of nitrogens with one attached hydrogen (secondary N) is 1. The zero-order valence-corrected chi connectivity index (χ0v) is 5.26. The summed E-state index contributed by atoms with van der Waals surface area (Å²) >= 11 is 0. The number of ether oxygens (including phenoxy) is 1. The largest absolute Gasteiger partial charge is 0.465 e. The molecule has 0 aromatic carbocycles. The Labute approximate surface area is 53.8 Å². The second-order valence-corrected chi connectivity index (χ2v) is 1.43. The molecule has 4 heteroatoms. The van der Waals surface area contributed by atoms with E-state index in [9.17, 15) is 4.79 Å². The Morgan fingerprint density at radius 1 is 1.89 bits per heavy atom. The van der Waals surface area contributed by atoms with Gasteiger partial charge in [0.2, 0.25) is 0 Å². The maximum absolute atomic E-state index is 9.79. The highest BCUT2D eigenvalue weighted by atomic mass is 16.5. The van der Waals surface area contributed by atoms with Gasteiger partial charge in [0.15, 0.2) is 0 Å². The van der Waals surface area contributed by atoms with Crippen LogP contribution in [0.3, 0.4) is 0 Å². The van der Waals surface area contributed by atoms with Gasteiger partial charge >= 0.3 is 6.09 Å². The second-order valence-electron chi connectivity index (χ2n) is 1.43. The topological polar surface area (TPSA) is 58.6 Å². The van der Waals surface area contributed by atoms with Crippen LogP contribution in [0.1, 0.15) is 0 Å². The minimum atomic E-state index is -1.01. The van der Waals surface area contributed by atoms with Crippen LogP contribution in [0.5, 0.6) is 0 Å². The number of amides is 1. The highest BCUT2D eigenvalue weighted by Gasteiger charge is 1.90. The van der Waals surface area contributed by atoms with Crippen LogP contribution in [0.15, 0.2) is 0 Å². The van der Waals surface area contributed by atoms with Gasteiger partial charge in [-0.15, -0.1) is 0 Å². The fraction of sp³-hybridized carbons (Fsp3) is 0.600. The summed E-state index contributed by atoms with van der Waals surface area (Å²) in [5.41, 5.74) is 0. The predicted molar refractivity (Wildman–Crippen MR) is 32.2 cm³/mol. The summed E-state index contributed by atoms with van der Waals surface area (Å²) in [7, 11) is 1.55. The van der Waals surface area contributed by atoms with E-state index < -0.39 is 6.09 Å². The van der Waals surface area contributed by atoms with Gasteiger partial charge < -0.3 is 15.2 Å². The first-order valence-electron chi connectivity index (χ1n) is 2.54. The van der Waals surface area contributed by atoms with E-state index >= 15 is 0 Å². The summed E-state index contributed by atoms with van der Waals surface area (Å²) in [6.45, 7) is 0.809. The van der Waals surface area contributed by atoms with Crippen molar-refractivity contribution in [3.05, 3.63) is 6.42 Å². The van der Waals surface area contributed by atoms with Gasteiger partial charge in [-0.1, -0.05) is 0 Å². The summed E-state index contributed by atoms with van der Waals surface area (Å²) in [6, 6.07) is 0. The molecule has 0 fully saturated rings. The Balaban J connectivity index is 2.83. The molecular weight excluding hydrogens is 122 g/mol. The van der Waals surface area contributed by atoms with Crippen LogP contribution in [-0.2, 0) is 4.74 Å². The molecule has 0 aromatic heterocycles. The highest BCUT2D eigenvalue weighted by molar-refractivity contribution is 5.64. The van der Waals surface area contributed by atoms with Gasteiger partial charge in [0.1, 0.15) is 0 Å². The predicted octanol–water partition coefficient (Wildman–Crippen LogP) is 0.105. The van der Waals surface area contributed by atoms with Gasteiger partial charge in [-0.3, -0.25) is 0 Å². The van der Waals surface area contributed by atoms with E-state index in [0.29, 0.717) is 13.2 Å². The number of methoxy groups -OCH3 is 1. The summed E-state index contributed by atoms with van der Waals surface area (Å²) in [5, 5.41) is 10.2. The lowest BCUT2D eigenvalue weighted by molar-refractivity contribution is 0.193. The molecule has 0 bridgehead atoms. The summed E-state index contributed by atoms with van der Waals surface area (Å²) in [4.78, 5) is 9.79. The molecule has 0 aliphatic rings. The van der Waals surface area contributed by atoms with Crippen LogP contribution < -0.4 is 5.32 Å². The molecule has 9 heavy (non-hydrogen) atoms. The molecular formula is C5H10NO3. The van der Waals surface area contributed by atoms with Crippen molar-refractivity contribution >= 4 is 6.09 Å². The number of carboxylic acid groups (broad SMARTS) is 1. The van der Waals surface area contributed by atoms with Crippen molar-refractivity contribution in [2.75, 3.05) is 20.3 Å². The molecule has 0 rings (SSSR count). The van der Waals surface area contributed by atoms with Crippen LogP contribution in [0.4, 0.5) is 4.79 Å². The first-order valence-corrected chi connectivity index (χ1v) is 2.54. The van der Waals surface area contributed by atoms with Crippen molar-refractivity contribution in [1.82, 2.24) is 5.32 Å². The minimum Gasteiger partial charge on any atom is -0.465 e. The van der Waals surface area contributed by atoms with Gasteiger partial charge in [-0.2, -0.15) is 0 Å². The maximum Gasteiger partial charge on any atom is 0.404 e. The third-order valence-electron chi connectivity index (χ3n) is 0.682. The van der Waals surface area contributed by atoms with Crippen molar-refractivity contribution in [1.29, 1.82) is 0 Å². The Hall–Kier alpha value is -0.770. The molecule has 0 aromatic rings. The van der Waals surface area contributed by atoms with Crippen LogP contribution in [0, 0.1) is 6.42 Å². The standard InChI is InChI=1S/C5H10NO3/c1-9-4-2-3-6-5(7)8/h2,6H,3-4H2,1H3,(H,7,8). The first-order chi connectivity index (χ1) is 4.27. The van der Waals surface area contributed by atoms with Crippen LogP contribution in [-0.4, -0.2) is 31.5 Å². The Kier molecular flexibility index (Phi) is 4.91. The zero-order valence-electron chi connectivity index (χ0n) is 5.26. The highest BCUT2D eigenvalue weighted by Crippen LogP contribution is 1.73. The molecule has 1 radical (unpaired) electrons. The molecule has 0 saturated carbocycles. The lowest BCUT2D eigenvalue weighted by Crippen LogP contribution is -2.23. The molecule has 0 aliphatic carbocycles. The number of hydrogen-bond acceptors (Lipinski definition) is 2. The first kappa shape index (κ1) is 8.23. The molecule has 4 nitrogen and oxygen atoms in total. The third kappa shape index (κ3) is 7.23. The van der Waals surface area contributed by atoms with Crippen molar-refractivity contribution in [2.24, 2.45) is 0 Å². The molecule has 1 amide bonds. The average Bonchev–Trinajstić information content (AvgIpc) is 1.80. The molecule has 2 N–H and O–H groups in total. The average molecular weight is 132 g/mol. The van der Waals surface area contributed by atoms with E-state index in [1.165, 1.54) is 0 Å². The molecule has 0 atom stereocenters. The smallest absolute Gasteiger partial charge is 0.404 e. The Bertz CT molecular complexity index is 84.3. The molecule has 0 heterocycles. The number of hydrogen-bond donors (Lipinski definition) is 2. The Morgan fingerprint density at radius 2 is 2.56 bits per heavy atom. The minimum absolute atomic E-state index is 0.336. The summed E-state index contributed by atoms with van der Waals surface area (Å²) < 4.78 is 4.64. The molecule has 0 saturated heterocycles. The monoisotopic (exact) mass is 132 g/mol. The van der Waals surface area contributed by atoms with E-state index in [4.69, 9.17) is 5.11 Å². The molecule has 0 spiro atoms. The fourth-order valence-electron chi connectivity index (χ4n) is 0.336. The van der Waals surface area contributed by atoms with Crippen molar-refractivity contribution < 1.29 is 14.6 Å². The van der Waals surface area contributed by atoms with E-state index in [0.717, 1.165) is 0 Å². The van der Waals surface area contributed by atoms with Crippen LogP contribution >= 0.6 is 0 Å². The molecule has 0 aliphatic heterocycles. The van der Waals surface area contributed by atoms with Gasteiger partial charge in [0.25, 0.3) is 0 Å². The van der Waals surface area contributed by atoms with Crippen molar-refractivity contribution in [3.63, 3.8) is 0 Å². The molecule has 53 valence electrons. The lowest BCUT2D eigenvalue weighted by atomic mass is 10.4. The van der Waals surface area contributed by atoms with E-state index in [1.54, 1.807) is 13.5 Å². The summed E-state index contributed by atoms with van der Waals surface area (Å²) in [6.07, 6.45) is 0.677. The number of carbonyl (C=O) groups is 1. The van der Waals surface area contributed by atoms with Crippen molar-refractivity contribution in [2.45, 2.75) is 0 Å². The van der Waals surface area contributed by atoms with Gasteiger partial charge in [-0.05, 0) is 0 Å². The summed E-state index contributed by atoms with van der Waals surface area (Å²) in [5.74, 6) is 0. The van der Waals surface area contributed by atoms with Crippen molar-refractivity contribution in [3.8, 4) is 0 Å².